The topological polar surface area (TPSA) is 84.2 Å². The van der Waals surface area contributed by atoms with E-state index in [2.05, 4.69) is 15.2 Å². The average molecular weight is 370 g/mol. The van der Waals surface area contributed by atoms with Crippen LogP contribution in [-0.4, -0.2) is 31.7 Å². The molecule has 2 aromatic rings. The Bertz CT molecular complexity index is 753. The van der Waals surface area contributed by atoms with Crippen molar-refractivity contribution in [3.63, 3.8) is 0 Å². The number of hydrogen-bond acceptors (Lipinski definition) is 6. The van der Waals surface area contributed by atoms with Crippen molar-refractivity contribution in [1.82, 2.24) is 9.88 Å². The molecule has 1 heterocycles. The largest absolute Gasteiger partial charge is 0.384 e. The number of nitrogens with zero attached hydrogens (tertiary/aromatic N) is 1. The fourth-order valence-electron chi connectivity index (χ4n) is 2.18. The molecule has 0 aliphatic carbocycles. The van der Waals surface area contributed by atoms with Crippen LogP contribution in [0, 0.1) is 20.8 Å². The molecule has 132 valence electrons. The predicted octanol–water partition coefficient (Wildman–Crippen LogP) is 2.82. The van der Waals surface area contributed by atoms with Gasteiger partial charge in [-0.2, -0.15) is 0 Å². The van der Waals surface area contributed by atoms with E-state index in [-0.39, 0.29) is 5.08 Å². The molecule has 2 N–H and O–H groups in total. The maximum atomic E-state index is 12.0. The van der Waals surface area contributed by atoms with Gasteiger partial charge in [0.25, 0.3) is 0 Å². The van der Waals surface area contributed by atoms with Crippen molar-refractivity contribution in [3.8, 4) is 0 Å². The first kappa shape index (κ1) is 18.8. The van der Waals surface area contributed by atoms with E-state index in [4.69, 9.17) is 4.52 Å². The molecule has 0 radical (unpaired) electrons. The molecule has 6 nitrogen and oxygen atoms in total. The zero-order chi connectivity index (χ0) is 17.6. The smallest absolute Gasteiger partial charge is 0.221 e. The number of rotatable bonds is 9. The van der Waals surface area contributed by atoms with Crippen LogP contribution < -0.4 is 10.0 Å². The molecular weight excluding hydrogens is 346 g/mol. The molecule has 0 aliphatic rings. The van der Waals surface area contributed by atoms with Gasteiger partial charge in [0.05, 0.1) is 5.69 Å². The molecule has 8 heteroatoms. The number of anilines is 1. The van der Waals surface area contributed by atoms with E-state index >= 15 is 0 Å². The van der Waals surface area contributed by atoms with Gasteiger partial charge in [-0.15, -0.1) is 11.8 Å². The van der Waals surface area contributed by atoms with Crippen LogP contribution in [0.1, 0.15) is 22.6 Å². The molecule has 1 aromatic heterocycles. The summed E-state index contributed by atoms with van der Waals surface area (Å²) in [7, 11) is -3.30. The minimum atomic E-state index is -3.30. The average Bonchev–Trinajstić information content (AvgIpc) is 2.85. The summed E-state index contributed by atoms with van der Waals surface area (Å²) >= 11 is 1.33. The zero-order valence-corrected chi connectivity index (χ0v) is 15.8. The van der Waals surface area contributed by atoms with Gasteiger partial charge in [0.15, 0.2) is 0 Å². The van der Waals surface area contributed by atoms with Gasteiger partial charge >= 0.3 is 0 Å². The number of sulfonamides is 1. The summed E-state index contributed by atoms with van der Waals surface area (Å²) in [6.07, 6.45) is 0. The van der Waals surface area contributed by atoms with Crippen LogP contribution in [0.2, 0.25) is 0 Å². The third-order valence-electron chi connectivity index (χ3n) is 3.57. The van der Waals surface area contributed by atoms with E-state index in [0.717, 1.165) is 28.3 Å². The maximum Gasteiger partial charge on any atom is 0.221 e. The molecule has 0 amide bonds. The van der Waals surface area contributed by atoms with Crippen LogP contribution in [-0.2, 0) is 15.8 Å². The Morgan fingerprint density at radius 2 is 1.92 bits per heavy atom. The van der Waals surface area contributed by atoms with Gasteiger partial charge in [0.2, 0.25) is 10.0 Å². The summed E-state index contributed by atoms with van der Waals surface area (Å²) in [6, 6.07) is 7.91. The second-order valence-electron chi connectivity index (χ2n) is 5.52. The summed E-state index contributed by atoms with van der Waals surface area (Å²) < 4.78 is 31.7. The number of thioether (sulfide) groups is 1. The quantitative estimate of drug-likeness (QED) is 0.661. The molecule has 0 aliphatic heterocycles. The van der Waals surface area contributed by atoms with E-state index in [0.29, 0.717) is 18.8 Å². The first-order chi connectivity index (χ1) is 11.4. The highest BCUT2D eigenvalue weighted by Crippen LogP contribution is 2.20. The van der Waals surface area contributed by atoms with Crippen LogP contribution in [0.4, 0.5) is 5.69 Å². The van der Waals surface area contributed by atoms with E-state index in [9.17, 15) is 8.42 Å². The lowest BCUT2D eigenvalue weighted by atomic mass is 10.2. The van der Waals surface area contributed by atoms with Crippen molar-refractivity contribution in [2.45, 2.75) is 26.5 Å². The van der Waals surface area contributed by atoms with Gasteiger partial charge in [-0.3, -0.25) is 0 Å². The highest BCUT2D eigenvalue weighted by atomic mass is 32.3. The van der Waals surface area contributed by atoms with Crippen LogP contribution in [0.3, 0.4) is 0 Å². The molecule has 24 heavy (non-hydrogen) atoms. The molecule has 1 aromatic carbocycles. The highest BCUT2D eigenvalue weighted by molar-refractivity contribution is 8.11. The fraction of sp³-hybridized carbons (Fsp3) is 0.438. The van der Waals surface area contributed by atoms with Crippen molar-refractivity contribution in [2.24, 2.45) is 0 Å². The first-order valence-corrected chi connectivity index (χ1v) is 10.5. The Kier molecular flexibility index (Phi) is 6.70. The van der Waals surface area contributed by atoms with Gasteiger partial charge in [-0.1, -0.05) is 23.4 Å². The Balaban J connectivity index is 1.71. The normalized spacial score (nSPS) is 11.6. The first-order valence-electron chi connectivity index (χ1n) is 7.65. The van der Waals surface area contributed by atoms with Gasteiger partial charge in [0.1, 0.15) is 10.8 Å². The van der Waals surface area contributed by atoms with Crippen LogP contribution in [0.15, 0.2) is 28.8 Å². The lowest BCUT2D eigenvalue weighted by Gasteiger charge is -2.10. The lowest BCUT2D eigenvalue weighted by molar-refractivity contribution is 0.392. The van der Waals surface area contributed by atoms with E-state index in [1.165, 1.54) is 11.8 Å². The van der Waals surface area contributed by atoms with E-state index in [1.807, 2.05) is 45.0 Å². The number of aromatic nitrogens is 1. The van der Waals surface area contributed by atoms with E-state index in [1.54, 1.807) is 0 Å². The van der Waals surface area contributed by atoms with Gasteiger partial charge in [-0.25, -0.2) is 13.1 Å². The minimum Gasteiger partial charge on any atom is -0.384 e. The Morgan fingerprint density at radius 3 is 2.58 bits per heavy atom. The Hall–Kier alpha value is -1.51. The summed E-state index contributed by atoms with van der Waals surface area (Å²) in [5.74, 6) is 1.32. The number of nitrogens with one attached hydrogen (secondary N) is 2. The summed E-state index contributed by atoms with van der Waals surface area (Å²) in [5.41, 5.74) is 3.93. The molecular formula is C16H23N3O3S2. The second-order valence-corrected chi connectivity index (χ2v) is 8.68. The van der Waals surface area contributed by atoms with Crippen LogP contribution in [0.5, 0.6) is 0 Å². The van der Waals surface area contributed by atoms with Gasteiger partial charge in [-0.05, 0) is 32.4 Å². The predicted molar refractivity (Wildman–Crippen MR) is 98.7 cm³/mol. The van der Waals surface area contributed by atoms with Gasteiger partial charge < -0.3 is 9.84 Å². The molecule has 0 atom stereocenters. The number of hydrogen-bond donors (Lipinski definition) is 2. The third-order valence-corrected chi connectivity index (χ3v) is 6.62. The summed E-state index contributed by atoms with van der Waals surface area (Å²) in [5, 5.41) is 7.11. The molecule has 0 bridgehead atoms. The molecule has 2 rings (SSSR count). The van der Waals surface area contributed by atoms with E-state index < -0.39 is 10.0 Å². The van der Waals surface area contributed by atoms with Crippen molar-refractivity contribution < 1.29 is 12.9 Å². The monoisotopic (exact) mass is 369 g/mol. The number of aryl methyl sites for hydroxylation is 3. The second kappa shape index (κ2) is 8.55. The zero-order valence-electron chi connectivity index (χ0n) is 14.1. The summed E-state index contributed by atoms with van der Waals surface area (Å²) in [4.78, 5) is 0. The SMILES string of the molecule is Cc1ccccc1NCCNS(=O)(=O)CSCc1c(C)noc1C. The van der Waals surface area contributed by atoms with Crippen molar-refractivity contribution >= 4 is 27.5 Å². The Labute approximate surface area is 147 Å². The molecule has 0 spiro atoms. The Morgan fingerprint density at radius 1 is 1.17 bits per heavy atom. The van der Waals surface area contributed by atoms with Crippen molar-refractivity contribution in [1.29, 1.82) is 0 Å². The molecule has 0 fully saturated rings. The highest BCUT2D eigenvalue weighted by Gasteiger charge is 2.13. The van der Waals surface area contributed by atoms with Crippen LogP contribution >= 0.6 is 11.8 Å². The minimum absolute atomic E-state index is 0.0153. The number of para-hydroxylation sites is 1. The number of benzene rings is 1. The van der Waals surface area contributed by atoms with Gasteiger partial charge in [0, 0.05) is 30.1 Å². The summed E-state index contributed by atoms with van der Waals surface area (Å²) in [6.45, 7) is 6.59. The van der Waals surface area contributed by atoms with Crippen LogP contribution in [0.25, 0.3) is 0 Å². The fourth-order valence-corrected chi connectivity index (χ4v) is 4.75. The van der Waals surface area contributed by atoms with Crippen molar-refractivity contribution in [3.05, 3.63) is 46.8 Å². The molecule has 0 saturated carbocycles. The third kappa shape index (κ3) is 5.54. The van der Waals surface area contributed by atoms with Crippen molar-refractivity contribution in [2.75, 3.05) is 23.5 Å². The maximum absolute atomic E-state index is 12.0. The lowest BCUT2D eigenvalue weighted by Crippen LogP contribution is -2.30. The standard InChI is InChI=1S/C16H23N3O3S2/c1-12-6-4-5-7-16(12)17-8-9-18-24(20,21)11-23-10-15-13(2)19-22-14(15)3/h4-7,17-18H,8-11H2,1-3H3. The molecule has 0 saturated heterocycles. The molecule has 0 unspecified atom stereocenters.